The van der Waals surface area contributed by atoms with E-state index in [0.717, 1.165) is 17.3 Å². The van der Waals surface area contributed by atoms with Gasteiger partial charge in [0, 0.05) is 22.8 Å². The van der Waals surface area contributed by atoms with Gasteiger partial charge in [0.25, 0.3) is 0 Å². The average Bonchev–Trinajstić information content (AvgIpc) is 3.90. The van der Waals surface area contributed by atoms with E-state index in [9.17, 15) is 9.90 Å². The minimum absolute atomic E-state index is 0.00659. The molecule has 0 radical (unpaired) electrons. The molecule has 0 bridgehead atoms. The number of halogens is 1. The molecule has 2 unspecified atom stereocenters. The van der Waals surface area contributed by atoms with E-state index in [1.54, 1.807) is 0 Å². The molecule has 1 N–H and O–H groups in total. The van der Waals surface area contributed by atoms with E-state index >= 15 is 0 Å². The Labute approximate surface area is 273 Å². The topological polar surface area (TPSA) is 68.2 Å². The lowest BCUT2D eigenvalue weighted by molar-refractivity contribution is -0.248. The molecule has 43 heavy (non-hydrogen) atoms. The normalized spacial score (nSPS) is 55.0. The lowest BCUT2D eigenvalue weighted by atomic mass is 9.41. The molecule has 6 saturated carbocycles. The second-order valence-corrected chi connectivity index (χ2v) is 18.6. The second kappa shape index (κ2) is 10.0. The first-order chi connectivity index (χ1) is 20.4. The minimum Gasteiger partial charge on any atom is -0.390 e. The molecule has 8 rings (SSSR count). The molecule has 2 spiro atoms. The Kier molecular flexibility index (Phi) is 7.08. The van der Waals surface area contributed by atoms with Gasteiger partial charge in [0.15, 0.2) is 6.29 Å². The summed E-state index contributed by atoms with van der Waals surface area (Å²) >= 11 is 2.47. The van der Waals surface area contributed by atoms with Gasteiger partial charge in [-0.2, -0.15) is 0 Å². The zero-order chi connectivity index (χ0) is 30.2. The number of ether oxygens (including phenoxy) is 3. The lowest BCUT2D eigenvalue weighted by Gasteiger charge is -2.64. The zero-order valence-electron chi connectivity index (χ0n) is 27.3. The third-order valence-corrected chi connectivity index (χ3v) is 16.8. The largest absolute Gasteiger partial charge is 0.390 e. The molecule has 8 aliphatic rings. The number of fused-ring (bicyclic) bond motifs is 4. The fraction of sp³-hybridized carbons (Fsp3) is 0.972. The molecule has 8 fully saturated rings. The molecule has 13 atom stereocenters. The summed E-state index contributed by atoms with van der Waals surface area (Å²) in [7, 11) is 0. The van der Waals surface area contributed by atoms with E-state index in [-0.39, 0.29) is 52.9 Å². The summed E-state index contributed by atoms with van der Waals surface area (Å²) < 4.78 is 20.7. The summed E-state index contributed by atoms with van der Waals surface area (Å²) in [5.74, 6) is 3.18. The smallest absolute Gasteiger partial charge is 0.223 e. The van der Waals surface area contributed by atoms with Crippen LogP contribution < -0.4 is 0 Å². The van der Waals surface area contributed by atoms with Crippen molar-refractivity contribution in [2.45, 2.75) is 136 Å². The number of hydrogen-bond acceptors (Lipinski definition) is 5. The van der Waals surface area contributed by atoms with Crippen LogP contribution in [-0.4, -0.2) is 70.7 Å². The molecule has 242 valence electrons. The maximum absolute atomic E-state index is 12.9. The number of morpholine rings is 1. The second-order valence-electron chi connectivity index (χ2n) is 17.7. The molecule has 7 heteroatoms. The fourth-order valence-corrected chi connectivity index (χ4v) is 14.1. The molecule has 2 aliphatic heterocycles. The van der Waals surface area contributed by atoms with Gasteiger partial charge < -0.3 is 24.2 Å². The van der Waals surface area contributed by atoms with Gasteiger partial charge in [-0.1, -0.05) is 57.2 Å². The number of hydrogen-bond donors (Lipinski definition) is 1. The molecular weight excluding hydrogens is 653 g/mol. The molecule has 0 aromatic rings. The highest BCUT2D eigenvalue weighted by Crippen LogP contribution is 2.89. The minimum atomic E-state index is -0.367. The number of aliphatic hydroxyl groups excluding tert-OH is 1. The van der Waals surface area contributed by atoms with Crippen molar-refractivity contribution in [3.8, 4) is 0 Å². The summed E-state index contributed by atoms with van der Waals surface area (Å²) in [6.07, 6.45) is 12.7. The van der Waals surface area contributed by atoms with Crippen LogP contribution in [0.4, 0.5) is 0 Å². The van der Waals surface area contributed by atoms with Crippen LogP contribution in [0.2, 0.25) is 0 Å². The SMILES string of the molecule is C[C@@H]1C[C@H](CI)O[C@H]2[C@H]1[C@@]1(C)CC[C@@]34CC35CCC(O[C@H]3CN(C(=O)CC6CC6)CCO3)C(C)(C)[C@@H]5CC[C@H]4[C@]1(C)[C@H]2O. The number of carbonyl (C=O) groups is 1. The van der Waals surface area contributed by atoms with Gasteiger partial charge in [0.05, 0.1) is 37.6 Å². The van der Waals surface area contributed by atoms with Gasteiger partial charge in [-0.05, 0) is 115 Å². The maximum atomic E-state index is 12.9. The van der Waals surface area contributed by atoms with Gasteiger partial charge in [0.2, 0.25) is 5.91 Å². The molecule has 0 aromatic carbocycles. The number of aliphatic hydroxyl groups is 1. The van der Waals surface area contributed by atoms with E-state index < -0.39 is 0 Å². The van der Waals surface area contributed by atoms with Crippen LogP contribution in [0.1, 0.15) is 105 Å². The molecule has 6 nitrogen and oxygen atoms in total. The van der Waals surface area contributed by atoms with Gasteiger partial charge in [-0.25, -0.2) is 0 Å². The summed E-state index contributed by atoms with van der Waals surface area (Å²) in [6.45, 7) is 14.3. The highest BCUT2D eigenvalue weighted by Gasteiger charge is 2.84. The standard InChI is InChI=1S/C36H56INO5/c1-21-16-23(18-37)42-30-29(21)33(4)12-13-36-20-35(36)11-10-26(32(2,3)24(35)8-9-25(36)34(33,5)31(30)40)43-28-19-38(14-15-41-28)27(39)17-22-6-7-22/h21-26,28-31,40H,6-20H2,1-5H3/t21-,23-,24+,25+,26?,28+,29+,30+,31+,33-,34-,35?,36+/m1/s1. The average molecular weight is 710 g/mol. The first-order valence-corrected chi connectivity index (χ1v) is 19.4. The molecule has 6 aliphatic carbocycles. The van der Waals surface area contributed by atoms with Crippen molar-refractivity contribution in [3.63, 3.8) is 0 Å². The van der Waals surface area contributed by atoms with Crippen molar-refractivity contribution in [2.24, 2.45) is 56.7 Å². The zero-order valence-corrected chi connectivity index (χ0v) is 29.4. The Balaban J connectivity index is 1.01. The van der Waals surface area contributed by atoms with E-state index in [4.69, 9.17) is 14.2 Å². The third kappa shape index (κ3) is 4.05. The predicted octanol–water partition coefficient (Wildman–Crippen LogP) is 6.61. The fourth-order valence-electron chi connectivity index (χ4n) is 13.5. The summed E-state index contributed by atoms with van der Waals surface area (Å²) in [4.78, 5) is 14.9. The monoisotopic (exact) mass is 709 g/mol. The van der Waals surface area contributed by atoms with Crippen molar-refractivity contribution >= 4 is 28.5 Å². The van der Waals surface area contributed by atoms with Gasteiger partial charge >= 0.3 is 0 Å². The van der Waals surface area contributed by atoms with Gasteiger partial charge in [-0.15, -0.1) is 0 Å². The number of nitrogens with zero attached hydrogens (tertiary/aromatic N) is 1. The predicted molar refractivity (Wildman–Crippen MR) is 174 cm³/mol. The Hall–Kier alpha value is 0.0400. The first kappa shape index (κ1) is 30.4. The highest BCUT2D eigenvalue weighted by atomic mass is 127. The van der Waals surface area contributed by atoms with Crippen LogP contribution in [0.3, 0.4) is 0 Å². The van der Waals surface area contributed by atoms with Crippen LogP contribution in [-0.2, 0) is 19.0 Å². The van der Waals surface area contributed by atoms with Crippen LogP contribution in [0.15, 0.2) is 0 Å². The number of carbonyl (C=O) groups excluding carboxylic acids is 1. The summed E-state index contributed by atoms with van der Waals surface area (Å²) in [5, 5.41) is 12.3. The Morgan fingerprint density at radius 3 is 2.51 bits per heavy atom. The van der Waals surface area contributed by atoms with Crippen molar-refractivity contribution in [1.29, 1.82) is 0 Å². The molecule has 2 heterocycles. The molecular formula is C36H56INO5. The third-order valence-electron chi connectivity index (χ3n) is 15.8. The number of amides is 1. The molecule has 2 saturated heterocycles. The van der Waals surface area contributed by atoms with Crippen molar-refractivity contribution in [2.75, 3.05) is 24.1 Å². The van der Waals surface area contributed by atoms with E-state index in [2.05, 4.69) is 57.2 Å². The van der Waals surface area contributed by atoms with Crippen LogP contribution >= 0.6 is 22.6 Å². The van der Waals surface area contributed by atoms with Crippen LogP contribution in [0.5, 0.6) is 0 Å². The van der Waals surface area contributed by atoms with Crippen LogP contribution in [0.25, 0.3) is 0 Å². The van der Waals surface area contributed by atoms with Crippen molar-refractivity contribution in [1.82, 2.24) is 4.90 Å². The summed E-state index contributed by atoms with van der Waals surface area (Å²) in [5.41, 5.74) is 0.850. The van der Waals surface area contributed by atoms with E-state index in [1.807, 2.05) is 4.90 Å². The summed E-state index contributed by atoms with van der Waals surface area (Å²) in [6, 6.07) is 0. The van der Waals surface area contributed by atoms with Gasteiger partial charge in [-0.3, -0.25) is 4.79 Å². The first-order valence-electron chi connectivity index (χ1n) is 17.9. The van der Waals surface area contributed by atoms with Crippen molar-refractivity contribution < 1.29 is 24.1 Å². The molecule has 0 aromatic heterocycles. The lowest BCUT2D eigenvalue weighted by Crippen LogP contribution is -2.60. The number of alkyl halides is 1. The Bertz CT molecular complexity index is 1140. The highest BCUT2D eigenvalue weighted by molar-refractivity contribution is 14.1. The van der Waals surface area contributed by atoms with Crippen molar-refractivity contribution in [3.05, 3.63) is 0 Å². The quantitative estimate of drug-likeness (QED) is 0.258. The maximum Gasteiger partial charge on any atom is 0.223 e. The van der Waals surface area contributed by atoms with E-state index in [0.29, 0.717) is 66.5 Å². The van der Waals surface area contributed by atoms with E-state index in [1.165, 1.54) is 51.4 Å². The van der Waals surface area contributed by atoms with Crippen LogP contribution in [0, 0.1) is 56.7 Å². The Morgan fingerprint density at radius 2 is 1.77 bits per heavy atom. The van der Waals surface area contributed by atoms with Gasteiger partial charge in [0.1, 0.15) is 0 Å². The Morgan fingerprint density at radius 1 is 1.02 bits per heavy atom. The number of rotatable bonds is 5. The molecule has 1 amide bonds.